The summed E-state index contributed by atoms with van der Waals surface area (Å²) in [5.41, 5.74) is 0. The van der Waals surface area contributed by atoms with Gasteiger partial charge in [0.2, 0.25) is 5.91 Å². The second-order valence-corrected chi connectivity index (χ2v) is 4.23. The third kappa shape index (κ3) is 14.1. The van der Waals surface area contributed by atoms with Crippen LogP contribution < -0.4 is 5.32 Å². The third-order valence-corrected chi connectivity index (χ3v) is 2.49. The number of aliphatic carboxylic acids is 2. The van der Waals surface area contributed by atoms with E-state index in [9.17, 15) is 14.4 Å². The Morgan fingerprint density at radius 3 is 2.00 bits per heavy atom. The first-order valence-electron chi connectivity index (χ1n) is 6.43. The van der Waals surface area contributed by atoms with Gasteiger partial charge in [-0.2, -0.15) is 0 Å². The first-order valence-corrected chi connectivity index (χ1v) is 6.43. The van der Waals surface area contributed by atoms with Gasteiger partial charge in [0.1, 0.15) is 0 Å². The minimum atomic E-state index is -1.14. The van der Waals surface area contributed by atoms with Crippen LogP contribution in [0, 0.1) is 0 Å². The van der Waals surface area contributed by atoms with E-state index < -0.39 is 17.8 Å². The van der Waals surface area contributed by atoms with Crippen LogP contribution in [0.3, 0.4) is 0 Å². The van der Waals surface area contributed by atoms with Gasteiger partial charge < -0.3 is 15.5 Å². The van der Waals surface area contributed by atoms with Crippen molar-refractivity contribution >= 4 is 17.8 Å². The molecule has 0 unspecified atom stereocenters. The molecule has 0 bridgehead atoms. The Morgan fingerprint density at radius 1 is 0.842 bits per heavy atom. The molecular weight excluding hydrogens is 250 g/mol. The predicted molar refractivity (Wildman–Crippen MR) is 69.7 cm³/mol. The topological polar surface area (TPSA) is 104 Å². The molecule has 19 heavy (non-hydrogen) atoms. The van der Waals surface area contributed by atoms with E-state index >= 15 is 0 Å². The van der Waals surface area contributed by atoms with Gasteiger partial charge in [-0.3, -0.25) is 9.59 Å². The number of rotatable bonds is 11. The van der Waals surface area contributed by atoms with Crippen molar-refractivity contribution in [3.05, 3.63) is 12.2 Å². The molecule has 0 aliphatic rings. The number of nitrogens with one attached hydrogen (secondary N) is 1. The Morgan fingerprint density at radius 2 is 1.42 bits per heavy atom. The SMILES string of the molecule is O=C(O)/C=C/C(=O)NCCCCCCCCC(=O)O. The molecule has 0 aromatic rings. The van der Waals surface area contributed by atoms with Crippen LogP contribution in [0.4, 0.5) is 0 Å². The molecule has 0 fully saturated rings. The number of hydrogen-bond donors (Lipinski definition) is 3. The zero-order valence-electron chi connectivity index (χ0n) is 10.9. The van der Waals surface area contributed by atoms with Crippen molar-refractivity contribution in [1.29, 1.82) is 0 Å². The number of carboxylic acid groups (broad SMARTS) is 2. The molecule has 3 N–H and O–H groups in total. The van der Waals surface area contributed by atoms with Crippen LogP contribution in [-0.4, -0.2) is 34.6 Å². The molecule has 0 saturated heterocycles. The summed E-state index contributed by atoms with van der Waals surface area (Å²) in [6.07, 6.45) is 7.48. The first kappa shape index (κ1) is 17.2. The fourth-order valence-corrected chi connectivity index (χ4v) is 1.53. The molecule has 0 saturated carbocycles. The lowest BCUT2D eigenvalue weighted by atomic mass is 10.1. The van der Waals surface area contributed by atoms with Crippen LogP contribution in [0.15, 0.2) is 12.2 Å². The highest BCUT2D eigenvalue weighted by Crippen LogP contribution is 2.06. The molecule has 0 aliphatic carbocycles. The number of carbonyl (C=O) groups is 3. The van der Waals surface area contributed by atoms with Gasteiger partial charge in [-0.25, -0.2) is 4.79 Å². The largest absolute Gasteiger partial charge is 0.481 e. The quantitative estimate of drug-likeness (QED) is 0.391. The Hall–Kier alpha value is -1.85. The number of carboxylic acids is 2. The van der Waals surface area contributed by atoms with Gasteiger partial charge in [0, 0.05) is 25.1 Å². The third-order valence-electron chi connectivity index (χ3n) is 2.49. The predicted octanol–water partition coefficient (Wildman–Crippen LogP) is 1.56. The van der Waals surface area contributed by atoms with Gasteiger partial charge in [-0.1, -0.05) is 25.7 Å². The Kier molecular flexibility index (Phi) is 10.2. The summed E-state index contributed by atoms with van der Waals surface area (Å²) in [5.74, 6) is -2.29. The Balaban J connectivity index is 3.29. The van der Waals surface area contributed by atoms with Gasteiger partial charge in [-0.15, -0.1) is 0 Å². The molecule has 0 aromatic heterocycles. The maximum Gasteiger partial charge on any atom is 0.328 e. The van der Waals surface area contributed by atoms with E-state index in [1.165, 1.54) is 0 Å². The van der Waals surface area contributed by atoms with Gasteiger partial charge in [0.25, 0.3) is 0 Å². The Labute approximate surface area is 112 Å². The fourth-order valence-electron chi connectivity index (χ4n) is 1.53. The first-order chi connectivity index (χ1) is 9.02. The lowest BCUT2D eigenvalue weighted by Crippen LogP contribution is -2.22. The molecule has 0 spiro atoms. The van der Waals surface area contributed by atoms with Crippen LogP contribution in [0.2, 0.25) is 0 Å². The summed E-state index contributed by atoms with van der Waals surface area (Å²) in [6.45, 7) is 0.526. The molecule has 0 aliphatic heterocycles. The minimum absolute atomic E-state index is 0.228. The van der Waals surface area contributed by atoms with Gasteiger partial charge >= 0.3 is 11.9 Å². The van der Waals surface area contributed by atoms with E-state index in [0.29, 0.717) is 13.0 Å². The summed E-state index contributed by atoms with van der Waals surface area (Å²) >= 11 is 0. The second kappa shape index (κ2) is 11.3. The van der Waals surface area contributed by atoms with Crippen molar-refractivity contribution in [2.75, 3.05) is 6.54 Å². The molecule has 6 heteroatoms. The average molecular weight is 271 g/mol. The van der Waals surface area contributed by atoms with Gasteiger partial charge in [0.15, 0.2) is 0 Å². The van der Waals surface area contributed by atoms with E-state index in [1.54, 1.807) is 0 Å². The molecule has 0 heterocycles. The average Bonchev–Trinajstić information content (AvgIpc) is 2.34. The molecule has 0 aromatic carbocycles. The molecule has 0 rings (SSSR count). The molecule has 0 atom stereocenters. The smallest absolute Gasteiger partial charge is 0.328 e. The van der Waals surface area contributed by atoms with E-state index in [-0.39, 0.29) is 6.42 Å². The summed E-state index contributed by atoms with van der Waals surface area (Å²) < 4.78 is 0. The number of hydrogen-bond acceptors (Lipinski definition) is 3. The number of carbonyl (C=O) groups excluding carboxylic acids is 1. The lowest BCUT2D eigenvalue weighted by Gasteiger charge is -2.02. The molecule has 0 radical (unpaired) electrons. The molecule has 1 amide bonds. The number of amides is 1. The van der Waals surface area contributed by atoms with Gasteiger partial charge in [-0.05, 0) is 12.8 Å². The second-order valence-electron chi connectivity index (χ2n) is 4.23. The van der Waals surface area contributed by atoms with Crippen LogP contribution in [0.25, 0.3) is 0 Å². The highest BCUT2D eigenvalue weighted by Gasteiger charge is 1.98. The van der Waals surface area contributed by atoms with Crippen molar-refractivity contribution in [2.45, 2.75) is 44.9 Å². The highest BCUT2D eigenvalue weighted by molar-refractivity contribution is 5.93. The highest BCUT2D eigenvalue weighted by atomic mass is 16.4. The van der Waals surface area contributed by atoms with E-state index in [4.69, 9.17) is 10.2 Å². The standard InChI is InChI=1S/C13H21NO5/c15-11(8-9-13(18)19)14-10-6-4-2-1-3-5-7-12(16)17/h8-9H,1-7,10H2,(H,14,15)(H,16,17)(H,18,19)/b9-8+. The van der Waals surface area contributed by atoms with E-state index in [2.05, 4.69) is 5.32 Å². The van der Waals surface area contributed by atoms with Crippen LogP contribution in [0.1, 0.15) is 44.9 Å². The van der Waals surface area contributed by atoms with Crippen molar-refractivity contribution < 1.29 is 24.6 Å². The van der Waals surface area contributed by atoms with E-state index in [1.807, 2.05) is 0 Å². The van der Waals surface area contributed by atoms with Crippen molar-refractivity contribution in [2.24, 2.45) is 0 Å². The fraction of sp³-hybridized carbons (Fsp3) is 0.615. The number of unbranched alkanes of at least 4 members (excludes halogenated alkanes) is 5. The van der Waals surface area contributed by atoms with Crippen LogP contribution in [0.5, 0.6) is 0 Å². The lowest BCUT2D eigenvalue weighted by molar-refractivity contribution is -0.137. The minimum Gasteiger partial charge on any atom is -0.481 e. The van der Waals surface area contributed by atoms with E-state index in [0.717, 1.165) is 44.3 Å². The van der Waals surface area contributed by atoms with Crippen molar-refractivity contribution in [3.8, 4) is 0 Å². The summed E-state index contributed by atoms with van der Waals surface area (Å²) in [4.78, 5) is 31.5. The Bertz CT molecular complexity index is 325. The summed E-state index contributed by atoms with van der Waals surface area (Å²) in [5, 5.41) is 19.3. The maximum atomic E-state index is 11.1. The monoisotopic (exact) mass is 271 g/mol. The summed E-state index contributed by atoms with van der Waals surface area (Å²) in [7, 11) is 0. The summed E-state index contributed by atoms with van der Waals surface area (Å²) in [6, 6.07) is 0. The molecular formula is C13H21NO5. The normalized spacial score (nSPS) is 10.5. The maximum absolute atomic E-state index is 11.1. The molecule has 108 valence electrons. The zero-order chi connectivity index (χ0) is 14.5. The van der Waals surface area contributed by atoms with Crippen LogP contribution in [-0.2, 0) is 14.4 Å². The van der Waals surface area contributed by atoms with Crippen LogP contribution >= 0.6 is 0 Å². The van der Waals surface area contributed by atoms with Gasteiger partial charge in [0.05, 0.1) is 0 Å². The molecule has 6 nitrogen and oxygen atoms in total. The van der Waals surface area contributed by atoms with Crippen molar-refractivity contribution in [3.63, 3.8) is 0 Å². The van der Waals surface area contributed by atoms with Crippen molar-refractivity contribution in [1.82, 2.24) is 5.32 Å². The zero-order valence-corrected chi connectivity index (χ0v) is 10.9.